The van der Waals surface area contributed by atoms with E-state index in [4.69, 9.17) is 16.3 Å². The van der Waals surface area contributed by atoms with Crippen molar-refractivity contribution in [1.29, 1.82) is 0 Å². The fourth-order valence-corrected chi connectivity index (χ4v) is 3.33. The number of hydrogen-bond acceptors (Lipinski definition) is 6. The summed E-state index contributed by atoms with van der Waals surface area (Å²) in [5.41, 5.74) is -0.299. The molecule has 0 saturated heterocycles. The molecule has 1 amide bonds. The van der Waals surface area contributed by atoms with E-state index in [2.05, 4.69) is 42.5 Å². The van der Waals surface area contributed by atoms with Gasteiger partial charge in [0.15, 0.2) is 0 Å². The number of amidine groups is 1. The van der Waals surface area contributed by atoms with E-state index >= 15 is 0 Å². The molecule has 2 heterocycles. The third-order valence-electron chi connectivity index (χ3n) is 3.75. The van der Waals surface area contributed by atoms with Gasteiger partial charge in [-0.1, -0.05) is 42.8 Å². The molecule has 0 spiro atoms. The van der Waals surface area contributed by atoms with Gasteiger partial charge in [-0.3, -0.25) is 4.79 Å². The van der Waals surface area contributed by atoms with Crippen LogP contribution in [0.2, 0.25) is 5.02 Å². The number of rotatable bonds is 5. The van der Waals surface area contributed by atoms with E-state index in [1.54, 1.807) is 37.1 Å². The number of nitrogens with one attached hydrogen (secondary N) is 1. The number of carbonyl (C=O) groups is 2. The van der Waals surface area contributed by atoms with Crippen molar-refractivity contribution < 1.29 is 14.3 Å². The van der Waals surface area contributed by atoms with Crippen LogP contribution in [0.5, 0.6) is 0 Å². The molecule has 0 aliphatic carbocycles. The molecule has 182 valence electrons. The average Bonchev–Trinajstić information content (AvgIpc) is 3.35. The summed E-state index contributed by atoms with van der Waals surface area (Å²) in [6.07, 6.45) is 9.66. The van der Waals surface area contributed by atoms with E-state index in [-0.39, 0.29) is 5.82 Å². The molecule has 1 aliphatic rings. The highest BCUT2D eigenvalue weighted by molar-refractivity contribution is 7.12. The molecule has 1 aliphatic heterocycles. The third-order valence-corrected chi connectivity index (χ3v) is 5.09. The van der Waals surface area contributed by atoms with Crippen molar-refractivity contribution in [2.24, 2.45) is 4.99 Å². The van der Waals surface area contributed by atoms with Gasteiger partial charge in [-0.15, -0.1) is 24.5 Å². The number of hydrogen-bond donors (Lipinski definition) is 1. The van der Waals surface area contributed by atoms with E-state index in [9.17, 15) is 9.59 Å². The topological polar surface area (TPSA) is 71.0 Å². The van der Waals surface area contributed by atoms with E-state index in [1.165, 1.54) is 11.3 Å². The van der Waals surface area contributed by atoms with Crippen molar-refractivity contribution in [3.8, 4) is 0 Å². The smallest absolute Gasteiger partial charge is 0.338 e. The van der Waals surface area contributed by atoms with E-state index in [0.717, 1.165) is 6.42 Å². The van der Waals surface area contributed by atoms with Gasteiger partial charge >= 0.3 is 5.97 Å². The molecule has 0 radical (unpaired) electrons. The van der Waals surface area contributed by atoms with Crippen molar-refractivity contribution in [2.75, 3.05) is 14.1 Å². The monoisotopic (exact) mass is 493 g/mol. The summed E-state index contributed by atoms with van der Waals surface area (Å²) in [6, 6.07) is 1.65. The van der Waals surface area contributed by atoms with Crippen molar-refractivity contribution in [2.45, 2.75) is 53.1 Å². The Morgan fingerprint density at radius 3 is 2.39 bits per heavy atom. The maximum absolute atomic E-state index is 12.4. The second kappa shape index (κ2) is 15.2. The standard InChI is InChI=1S/C16H20ClN3O3S.C7H12.C2H4/c1-16(2,3)23-15(22)9-8-11(20(4)5)18-13(9)19-14(21)12-10(17)6-7-24-12;1-3-5-7-6-4-2;1-2/h6-7H,8H2,1-5H3,(H,19,21);3,5-7H,4H2,1-2H3;1-2H2/b;5-3-,7-6-;. The number of aliphatic imine (C=N–C) groups is 1. The number of halogens is 1. The summed E-state index contributed by atoms with van der Waals surface area (Å²) in [6.45, 7) is 15.5. The molecular formula is C25H36ClN3O3S. The summed E-state index contributed by atoms with van der Waals surface area (Å²) in [5, 5.41) is 4.77. The first-order chi connectivity index (χ1) is 15.5. The summed E-state index contributed by atoms with van der Waals surface area (Å²) >= 11 is 7.21. The lowest BCUT2D eigenvalue weighted by molar-refractivity contribution is -0.149. The Bertz CT molecular complexity index is 906. The molecular weight excluding hydrogens is 458 g/mol. The van der Waals surface area contributed by atoms with Crippen molar-refractivity contribution in [3.05, 3.63) is 70.2 Å². The molecule has 6 nitrogen and oxygen atoms in total. The van der Waals surface area contributed by atoms with Crippen LogP contribution in [-0.2, 0) is 9.53 Å². The Morgan fingerprint density at radius 2 is 1.94 bits per heavy atom. The zero-order chi connectivity index (χ0) is 25.6. The van der Waals surface area contributed by atoms with Crippen LogP contribution in [0.3, 0.4) is 0 Å². The van der Waals surface area contributed by atoms with Crippen molar-refractivity contribution in [3.63, 3.8) is 0 Å². The predicted molar refractivity (Wildman–Crippen MR) is 141 cm³/mol. The van der Waals surface area contributed by atoms with Gasteiger partial charge in [-0.25, -0.2) is 9.79 Å². The van der Waals surface area contributed by atoms with Gasteiger partial charge in [-0.05, 0) is 45.6 Å². The molecule has 0 aromatic carbocycles. The summed E-state index contributed by atoms with van der Waals surface area (Å²) in [4.78, 5) is 31.3. The quantitative estimate of drug-likeness (QED) is 0.293. The largest absolute Gasteiger partial charge is 0.456 e. The Morgan fingerprint density at radius 1 is 1.30 bits per heavy atom. The van der Waals surface area contributed by atoms with Gasteiger partial charge in [0.1, 0.15) is 22.1 Å². The molecule has 0 unspecified atom stereocenters. The zero-order valence-electron chi connectivity index (χ0n) is 20.7. The minimum atomic E-state index is -0.628. The van der Waals surface area contributed by atoms with Crippen LogP contribution in [0.25, 0.3) is 0 Å². The maximum atomic E-state index is 12.4. The molecule has 1 N–H and O–H groups in total. The van der Waals surface area contributed by atoms with Gasteiger partial charge < -0.3 is 15.0 Å². The number of ether oxygens (including phenoxy) is 1. The third kappa shape index (κ3) is 11.2. The van der Waals surface area contributed by atoms with Crippen molar-refractivity contribution >= 4 is 40.6 Å². The molecule has 0 fully saturated rings. The lowest BCUT2D eigenvalue weighted by atomic mass is 10.1. The number of carbonyl (C=O) groups excluding carboxylic acids is 2. The summed E-state index contributed by atoms with van der Waals surface area (Å²) in [7, 11) is 3.65. The van der Waals surface area contributed by atoms with Crippen LogP contribution in [0.1, 0.15) is 57.1 Å². The number of thiophene rings is 1. The number of nitrogens with zero attached hydrogens (tertiary/aromatic N) is 2. The number of amides is 1. The van der Waals surface area contributed by atoms with Gasteiger partial charge in [-0.2, -0.15) is 0 Å². The summed E-state index contributed by atoms with van der Waals surface area (Å²) < 4.78 is 5.41. The average molecular weight is 494 g/mol. The molecule has 0 bridgehead atoms. The first-order valence-corrected chi connectivity index (χ1v) is 11.8. The van der Waals surface area contributed by atoms with E-state index in [1.807, 2.05) is 33.2 Å². The fraction of sp³-hybridized carbons (Fsp3) is 0.400. The SMILES string of the molecule is C/C=C\C=C/CC.C=C.CN(C)C1=NC(NC(=O)c2sccc2Cl)=C(C(=O)OC(C)(C)C)C1. The van der Waals surface area contributed by atoms with Crippen LogP contribution in [-0.4, -0.2) is 42.3 Å². The molecule has 0 saturated carbocycles. The van der Waals surface area contributed by atoms with Crippen LogP contribution in [0.4, 0.5) is 0 Å². The second-order valence-corrected chi connectivity index (χ2v) is 9.17. The Kier molecular flexibility index (Phi) is 14.0. The first kappa shape index (κ1) is 30.4. The fourth-order valence-electron chi connectivity index (χ4n) is 2.29. The van der Waals surface area contributed by atoms with Crippen LogP contribution < -0.4 is 5.32 Å². The van der Waals surface area contributed by atoms with Crippen LogP contribution >= 0.6 is 22.9 Å². The Labute approximate surface area is 207 Å². The van der Waals surface area contributed by atoms with E-state index < -0.39 is 17.5 Å². The predicted octanol–water partition coefficient (Wildman–Crippen LogP) is 6.38. The highest BCUT2D eigenvalue weighted by Gasteiger charge is 2.30. The van der Waals surface area contributed by atoms with Gasteiger partial charge in [0.05, 0.1) is 10.6 Å². The molecule has 2 rings (SSSR count). The Balaban J connectivity index is 0.000000973. The lowest BCUT2D eigenvalue weighted by Gasteiger charge is -2.20. The van der Waals surface area contributed by atoms with Crippen LogP contribution in [0.15, 0.2) is 65.3 Å². The second-order valence-electron chi connectivity index (χ2n) is 7.84. The molecule has 1 aromatic heterocycles. The van der Waals surface area contributed by atoms with Crippen LogP contribution in [0, 0.1) is 0 Å². The highest BCUT2D eigenvalue weighted by atomic mass is 35.5. The Hall–Kier alpha value is -2.64. The van der Waals surface area contributed by atoms with Gasteiger partial charge in [0.2, 0.25) is 0 Å². The number of esters is 1. The van der Waals surface area contributed by atoms with Crippen molar-refractivity contribution in [1.82, 2.24) is 10.2 Å². The van der Waals surface area contributed by atoms with Gasteiger partial charge in [0, 0.05) is 20.5 Å². The maximum Gasteiger partial charge on any atom is 0.338 e. The lowest BCUT2D eigenvalue weighted by Crippen LogP contribution is -2.28. The molecule has 0 atom stereocenters. The zero-order valence-corrected chi connectivity index (χ0v) is 22.3. The molecule has 1 aromatic rings. The molecule has 33 heavy (non-hydrogen) atoms. The first-order valence-electron chi connectivity index (χ1n) is 10.5. The summed E-state index contributed by atoms with van der Waals surface area (Å²) in [5.74, 6) is -0.00339. The number of allylic oxidation sites excluding steroid dienone is 4. The highest BCUT2D eigenvalue weighted by Crippen LogP contribution is 2.25. The molecule has 8 heteroatoms. The van der Waals surface area contributed by atoms with E-state index in [0.29, 0.717) is 27.7 Å². The minimum Gasteiger partial charge on any atom is -0.456 e. The van der Waals surface area contributed by atoms with Gasteiger partial charge in [0.25, 0.3) is 5.91 Å². The minimum absolute atomic E-state index is 0.211. The normalized spacial score (nSPS) is 13.2.